The van der Waals surface area contributed by atoms with Crippen molar-refractivity contribution >= 4 is 17.9 Å². The van der Waals surface area contributed by atoms with Crippen molar-refractivity contribution < 1.29 is 28.6 Å². The Morgan fingerprint density at radius 1 is 0.280 bits per heavy atom. The van der Waals surface area contributed by atoms with E-state index in [1.807, 2.05) is 0 Å². The van der Waals surface area contributed by atoms with Crippen molar-refractivity contribution in [2.24, 2.45) is 0 Å². The number of carbonyl (C=O) groups is 3. The van der Waals surface area contributed by atoms with Crippen molar-refractivity contribution in [2.75, 3.05) is 13.2 Å². The van der Waals surface area contributed by atoms with Crippen LogP contribution in [0.4, 0.5) is 0 Å². The van der Waals surface area contributed by atoms with Gasteiger partial charge in [-0.05, 0) is 116 Å². The van der Waals surface area contributed by atoms with Gasteiger partial charge in [-0.3, -0.25) is 14.4 Å². The molecule has 1 atom stereocenters. The van der Waals surface area contributed by atoms with Gasteiger partial charge in [0.05, 0.1) is 0 Å². The highest BCUT2D eigenvalue weighted by molar-refractivity contribution is 5.71. The summed E-state index contributed by atoms with van der Waals surface area (Å²) in [6.07, 6.45) is 85.4. The maximum Gasteiger partial charge on any atom is 0.306 e. The summed E-state index contributed by atoms with van der Waals surface area (Å²) < 4.78 is 16.8. The van der Waals surface area contributed by atoms with Crippen LogP contribution in [0.1, 0.15) is 290 Å². The SMILES string of the molecule is CC/C=C\C/C=C\C/C=C\C/C=C\C/C=C\CCCC(=O)OC(COC(=O)CCCCCCC/C=C\CCCC)COC(=O)CCCCCCCCCCCCCCCC/C=C\C/C=C\C/C=C\CCCCCCC. The second-order valence-electron chi connectivity index (χ2n) is 20.6. The molecule has 75 heavy (non-hydrogen) atoms. The summed E-state index contributed by atoms with van der Waals surface area (Å²) in [7, 11) is 0. The molecule has 0 saturated carbocycles. The number of hydrogen-bond acceptors (Lipinski definition) is 6. The lowest BCUT2D eigenvalue weighted by atomic mass is 10.0. The molecule has 6 heteroatoms. The Bertz CT molecular complexity index is 1520. The van der Waals surface area contributed by atoms with E-state index in [1.165, 1.54) is 141 Å². The summed E-state index contributed by atoms with van der Waals surface area (Å²) in [4.78, 5) is 38.2. The first kappa shape index (κ1) is 71.1. The maximum absolute atomic E-state index is 12.8. The van der Waals surface area contributed by atoms with Crippen molar-refractivity contribution in [1.29, 1.82) is 0 Å². The van der Waals surface area contributed by atoms with E-state index in [0.717, 1.165) is 103 Å². The smallest absolute Gasteiger partial charge is 0.306 e. The highest BCUT2D eigenvalue weighted by Crippen LogP contribution is 2.16. The molecule has 0 aliphatic rings. The molecule has 0 rings (SSSR count). The van der Waals surface area contributed by atoms with Crippen LogP contribution in [0.3, 0.4) is 0 Å². The van der Waals surface area contributed by atoms with Crippen molar-refractivity contribution in [2.45, 2.75) is 297 Å². The molecule has 0 N–H and O–H groups in total. The molecule has 0 saturated heterocycles. The highest BCUT2D eigenvalue weighted by Gasteiger charge is 2.19. The summed E-state index contributed by atoms with van der Waals surface area (Å²) in [5.41, 5.74) is 0. The second kappa shape index (κ2) is 62.6. The van der Waals surface area contributed by atoms with Crippen molar-refractivity contribution in [3.63, 3.8) is 0 Å². The molecule has 0 aromatic carbocycles. The second-order valence-corrected chi connectivity index (χ2v) is 20.6. The van der Waals surface area contributed by atoms with E-state index in [9.17, 15) is 14.4 Å². The van der Waals surface area contributed by atoms with Crippen LogP contribution >= 0.6 is 0 Å². The number of esters is 3. The van der Waals surface area contributed by atoms with Crippen LogP contribution in [0.15, 0.2) is 109 Å². The normalized spacial score (nSPS) is 12.8. The largest absolute Gasteiger partial charge is 0.462 e. The molecule has 0 bridgehead atoms. The first-order valence-electron chi connectivity index (χ1n) is 31.4. The Morgan fingerprint density at radius 3 is 0.907 bits per heavy atom. The van der Waals surface area contributed by atoms with Gasteiger partial charge in [-0.25, -0.2) is 0 Å². The van der Waals surface area contributed by atoms with Crippen LogP contribution in [0, 0.1) is 0 Å². The summed E-state index contributed by atoms with van der Waals surface area (Å²) >= 11 is 0. The van der Waals surface area contributed by atoms with Gasteiger partial charge in [0.15, 0.2) is 6.10 Å². The van der Waals surface area contributed by atoms with E-state index in [2.05, 4.69) is 130 Å². The summed E-state index contributed by atoms with van der Waals surface area (Å²) in [5, 5.41) is 0. The Kier molecular flexibility index (Phi) is 59.3. The molecule has 0 aromatic heterocycles. The minimum Gasteiger partial charge on any atom is -0.462 e. The molecule has 0 aliphatic heterocycles. The number of hydrogen-bond donors (Lipinski definition) is 0. The number of rotatable bonds is 56. The van der Waals surface area contributed by atoms with Gasteiger partial charge in [0.1, 0.15) is 13.2 Å². The molecule has 1 unspecified atom stereocenters. The van der Waals surface area contributed by atoms with Crippen molar-refractivity contribution in [3.8, 4) is 0 Å². The molecule has 6 nitrogen and oxygen atoms in total. The third-order valence-corrected chi connectivity index (χ3v) is 13.2. The van der Waals surface area contributed by atoms with Gasteiger partial charge in [0.25, 0.3) is 0 Å². The molecular formula is C69H116O6. The predicted molar refractivity (Wildman–Crippen MR) is 325 cm³/mol. The third kappa shape index (κ3) is 60.8. The van der Waals surface area contributed by atoms with E-state index < -0.39 is 6.10 Å². The van der Waals surface area contributed by atoms with E-state index in [-0.39, 0.29) is 37.5 Å². The minimum atomic E-state index is -0.813. The van der Waals surface area contributed by atoms with Gasteiger partial charge in [0, 0.05) is 19.3 Å². The van der Waals surface area contributed by atoms with Crippen LogP contribution < -0.4 is 0 Å². The van der Waals surface area contributed by atoms with E-state index >= 15 is 0 Å². The fraction of sp³-hybridized carbons (Fsp3) is 0.696. The lowest BCUT2D eigenvalue weighted by molar-refractivity contribution is -0.167. The van der Waals surface area contributed by atoms with Crippen LogP contribution in [0.5, 0.6) is 0 Å². The van der Waals surface area contributed by atoms with Crippen LogP contribution in [0.2, 0.25) is 0 Å². The average molecular weight is 1040 g/mol. The van der Waals surface area contributed by atoms with Gasteiger partial charge >= 0.3 is 17.9 Å². The van der Waals surface area contributed by atoms with Gasteiger partial charge in [-0.15, -0.1) is 0 Å². The molecule has 0 aliphatic carbocycles. The maximum atomic E-state index is 12.8. The van der Waals surface area contributed by atoms with E-state index in [4.69, 9.17) is 14.2 Å². The Balaban J connectivity index is 4.27. The van der Waals surface area contributed by atoms with Gasteiger partial charge < -0.3 is 14.2 Å². The first-order valence-corrected chi connectivity index (χ1v) is 31.4. The van der Waals surface area contributed by atoms with E-state index in [0.29, 0.717) is 19.3 Å². The average Bonchev–Trinajstić information content (AvgIpc) is 3.41. The minimum absolute atomic E-state index is 0.104. The molecule has 0 radical (unpaired) electrons. The van der Waals surface area contributed by atoms with Crippen molar-refractivity contribution in [3.05, 3.63) is 109 Å². The third-order valence-electron chi connectivity index (χ3n) is 13.2. The standard InChI is InChI=1S/C69H116O6/c1-4-7-10-13-16-19-22-24-26-28-29-30-31-32-33-34-35-36-37-38-39-41-42-44-47-50-53-56-59-62-68(71)74-65-66(64-73-67(70)61-58-55-52-49-46-21-18-15-12-9-6-3)75-69(72)63-60-57-54-51-48-45-43-40-27-25-23-20-17-14-11-8-5-2/h8,11,15,17-18,20,22,24-25,27-29,31-32,43,45,51,54,66H,4-7,9-10,12-14,16,19,21,23,26,30,33-42,44,46-50,52-53,55-65H2,1-3H3/b11-8-,18-15-,20-17-,24-22-,27-25-,29-28-,32-31-,45-43-,54-51-. The highest BCUT2D eigenvalue weighted by atomic mass is 16.6. The molecule has 0 fully saturated rings. The van der Waals surface area contributed by atoms with Crippen LogP contribution in [-0.2, 0) is 28.6 Å². The van der Waals surface area contributed by atoms with Crippen LogP contribution in [0.25, 0.3) is 0 Å². The Hall–Kier alpha value is -3.93. The molecule has 0 heterocycles. The summed E-state index contributed by atoms with van der Waals surface area (Å²) in [5.74, 6) is -0.970. The summed E-state index contributed by atoms with van der Waals surface area (Å²) in [6.45, 7) is 6.43. The topological polar surface area (TPSA) is 78.9 Å². The zero-order valence-corrected chi connectivity index (χ0v) is 49.0. The molecule has 0 amide bonds. The van der Waals surface area contributed by atoms with Gasteiger partial charge in [0.2, 0.25) is 0 Å². The Labute approximate surface area is 463 Å². The number of allylic oxidation sites excluding steroid dienone is 18. The van der Waals surface area contributed by atoms with Gasteiger partial charge in [-0.1, -0.05) is 265 Å². The lowest BCUT2D eigenvalue weighted by Crippen LogP contribution is -2.30. The monoisotopic (exact) mass is 1040 g/mol. The summed E-state index contributed by atoms with van der Waals surface area (Å²) in [6, 6.07) is 0. The van der Waals surface area contributed by atoms with Gasteiger partial charge in [-0.2, -0.15) is 0 Å². The quantitative estimate of drug-likeness (QED) is 0.0261. The van der Waals surface area contributed by atoms with Crippen LogP contribution in [-0.4, -0.2) is 37.2 Å². The first-order chi connectivity index (χ1) is 37.0. The predicted octanol–water partition coefficient (Wildman–Crippen LogP) is 21.4. The number of ether oxygens (including phenoxy) is 3. The fourth-order valence-electron chi connectivity index (χ4n) is 8.53. The Morgan fingerprint density at radius 2 is 0.547 bits per heavy atom. The fourth-order valence-corrected chi connectivity index (χ4v) is 8.53. The number of unbranched alkanes of at least 4 members (excludes halogenated alkanes) is 27. The zero-order chi connectivity index (χ0) is 54.3. The molecule has 0 aromatic rings. The molecule has 0 spiro atoms. The number of carbonyl (C=O) groups excluding carboxylic acids is 3. The van der Waals surface area contributed by atoms with Crippen molar-refractivity contribution in [1.82, 2.24) is 0 Å². The zero-order valence-electron chi connectivity index (χ0n) is 49.0. The molecular weight excluding hydrogens is 925 g/mol. The lowest BCUT2D eigenvalue weighted by Gasteiger charge is -2.18. The molecule has 428 valence electrons. The van der Waals surface area contributed by atoms with E-state index in [1.54, 1.807) is 0 Å².